The monoisotopic (exact) mass is 378 g/mol. The molecule has 4 heteroatoms. The van der Waals surface area contributed by atoms with Crippen molar-refractivity contribution in [2.45, 2.75) is 5.92 Å². The van der Waals surface area contributed by atoms with Gasteiger partial charge in [0.05, 0.1) is 12.1 Å². The Morgan fingerprint density at radius 1 is 0.793 bits per heavy atom. The summed E-state index contributed by atoms with van der Waals surface area (Å²) in [5, 5.41) is 6.51. The quantitative estimate of drug-likeness (QED) is 0.392. The molecule has 0 saturated carbocycles. The van der Waals surface area contributed by atoms with Crippen molar-refractivity contribution in [1.82, 2.24) is 5.43 Å². The lowest BCUT2D eigenvalue weighted by Crippen LogP contribution is -2.28. The highest BCUT2D eigenvalue weighted by atomic mass is 16.5. The highest BCUT2D eigenvalue weighted by Crippen LogP contribution is 2.43. The summed E-state index contributed by atoms with van der Waals surface area (Å²) in [7, 11) is 0. The molecule has 4 aromatic rings. The summed E-state index contributed by atoms with van der Waals surface area (Å²) in [6.07, 6.45) is 1.67. The fourth-order valence-electron chi connectivity index (χ4n) is 3.72. The highest BCUT2D eigenvalue weighted by molar-refractivity contribution is 5.92. The van der Waals surface area contributed by atoms with E-state index in [1.807, 2.05) is 78.9 Å². The number of hydrogen-bond donors (Lipinski definition) is 1. The third kappa shape index (κ3) is 3.25. The number of nitrogens with zero attached hydrogens (tertiary/aromatic N) is 1. The number of hydrazone groups is 1. The number of hydrogen-bond acceptors (Lipinski definition) is 3. The Morgan fingerprint density at radius 2 is 1.41 bits per heavy atom. The van der Waals surface area contributed by atoms with Crippen molar-refractivity contribution < 1.29 is 9.53 Å². The molecule has 1 heterocycles. The predicted molar refractivity (Wildman–Crippen MR) is 114 cm³/mol. The summed E-state index contributed by atoms with van der Waals surface area (Å²) in [4.78, 5) is 13.0. The molecule has 0 bridgehead atoms. The number of nitrogens with one attached hydrogen (secondary N) is 1. The molecule has 1 aliphatic rings. The van der Waals surface area contributed by atoms with Gasteiger partial charge in [0.25, 0.3) is 5.91 Å². The first-order valence-electron chi connectivity index (χ1n) is 9.47. The molecule has 0 fully saturated rings. The van der Waals surface area contributed by atoms with E-state index in [0.717, 1.165) is 22.1 Å². The number of amides is 1. The minimum absolute atomic E-state index is 0.190. The normalized spacial score (nSPS) is 13.0. The summed E-state index contributed by atoms with van der Waals surface area (Å²) in [5.74, 6) is 0.741. The molecule has 0 aliphatic carbocycles. The van der Waals surface area contributed by atoms with Crippen LogP contribution in [0.25, 0.3) is 10.8 Å². The standard InChI is InChI=1S/C25H18N2O2/c28-25(27-26-16-17-13-14-18-7-1-2-8-19(18)15-17)24-20-9-3-5-11-22(20)29-23-12-6-4-10-21(23)24/h1-16,24H,(H,27,28). The van der Waals surface area contributed by atoms with E-state index < -0.39 is 5.92 Å². The van der Waals surface area contributed by atoms with Crippen LogP contribution in [0.3, 0.4) is 0 Å². The van der Waals surface area contributed by atoms with Gasteiger partial charge in [-0.15, -0.1) is 0 Å². The van der Waals surface area contributed by atoms with Crippen LogP contribution in [0, 0.1) is 0 Å². The van der Waals surface area contributed by atoms with Crippen LogP contribution in [0.2, 0.25) is 0 Å². The van der Waals surface area contributed by atoms with Gasteiger partial charge in [0.2, 0.25) is 0 Å². The van der Waals surface area contributed by atoms with Gasteiger partial charge in [-0.2, -0.15) is 5.10 Å². The van der Waals surface area contributed by atoms with E-state index in [1.54, 1.807) is 6.21 Å². The van der Waals surface area contributed by atoms with Gasteiger partial charge in [0, 0.05) is 11.1 Å². The Labute approximate surface area is 168 Å². The molecule has 5 rings (SSSR count). The van der Waals surface area contributed by atoms with Crippen LogP contribution in [0.5, 0.6) is 11.5 Å². The molecule has 0 atom stereocenters. The van der Waals surface area contributed by atoms with Crippen LogP contribution in [0.4, 0.5) is 0 Å². The van der Waals surface area contributed by atoms with Gasteiger partial charge in [0.15, 0.2) is 0 Å². The maximum atomic E-state index is 13.0. The van der Waals surface area contributed by atoms with Crippen LogP contribution in [-0.2, 0) is 4.79 Å². The molecule has 4 nitrogen and oxygen atoms in total. The van der Waals surface area contributed by atoms with Crippen molar-refractivity contribution in [2.75, 3.05) is 0 Å². The number of fused-ring (bicyclic) bond motifs is 3. The first-order chi connectivity index (χ1) is 14.3. The van der Waals surface area contributed by atoms with Gasteiger partial charge >= 0.3 is 0 Å². The zero-order valence-electron chi connectivity index (χ0n) is 15.6. The number of rotatable bonds is 3. The third-order valence-corrected chi connectivity index (χ3v) is 5.10. The second kappa shape index (κ2) is 7.24. The molecule has 4 aromatic carbocycles. The minimum atomic E-state index is -0.468. The minimum Gasteiger partial charge on any atom is -0.457 e. The zero-order valence-corrected chi connectivity index (χ0v) is 15.6. The molecule has 0 spiro atoms. The van der Waals surface area contributed by atoms with Gasteiger partial charge in [-0.05, 0) is 34.5 Å². The Hall–Kier alpha value is -3.92. The molecule has 1 amide bonds. The van der Waals surface area contributed by atoms with E-state index >= 15 is 0 Å². The van der Waals surface area contributed by atoms with Gasteiger partial charge in [-0.3, -0.25) is 4.79 Å². The molecule has 1 N–H and O–H groups in total. The zero-order chi connectivity index (χ0) is 19.6. The average Bonchev–Trinajstić information content (AvgIpc) is 2.77. The van der Waals surface area contributed by atoms with Gasteiger partial charge < -0.3 is 4.74 Å². The van der Waals surface area contributed by atoms with E-state index in [1.165, 1.54) is 5.39 Å². The second-order valence-corrected chi connectivity index (χ2v) is 6.95. The molecule has 0 radical (unpaired) electrons. The van der Waals surface area contributed by atoms with Crippen molar-refractivity contribution in [2.24, 2.45) is 5.10 Å². The van der Waals surface area contributed by atoms with Crippen molar-refractivity contribution >= 4 is 22.9 Å². The fourth-order valence-corrected chi connectivity index (χ4v) is 3.72. The van der Waals surface area contributed by atoms with Crippen molar-refractivity contribution in [1.29, 1.82) is 0 Å². The van der Waals surface area contributed by atoms with Gasteiger partial charge in [0.1, 0.15) is 11.5 Å². The fraction of sp³-hybridized carbons (Fsp3) is 0.0400. The Kier molecular flexibility index (Phi) is 4.30. The van der Waals surface area contributed by atoms with Crippen LogP contribution in [0.1, 0.15) is 22.6 Å². The number of carbonyl (C=O) groups is 1. The highest BCUT2D eigenvalue weighted by Gasteiger charge is 2.32. The van der Waals surface area contributed by atoms with Crippen LogP contribution in [-0.4, -0.2) is 12.1 Å². The molecular weight excluding hydrogens is 360 g/mol. The summed E-state index contributed by atoms with van der Waals surface area (Å²) >= 11 is 0. The Balaban J connectivity index is 1.41. The first kappa shape index (κ1) is 17.2. The molecule has 0 unspecified atom stereocenters. The Morgan fingerprint density at radius 3 is 2.14 bits per heavy atom. The van der Waals surface area contributed by atoms with Crippen LogP contribution in [0.15, 0.2) is 96.1 Å². The predicted octanol–water partition coefficient (Wildman–Crippen LogP) is 5.23. The topological polar surface area (TPSA) is 50.7 Å². The Bertz CT molecular complexity index is 1200. The van der Waals surface area contributed by atoms with E-state index in [2.05, 4.69) is 22.7 Å². The molecule has 0 aromatic heterocycles. The number of carbonyl (C=O) groups excluding carboxylic acids is 1. The summed E-state index contributed by atoms with van der Waals surface area (Å²) in [6, 6.07) is 29.4. The van der Waals surface area contributed by atoms with Crippen LogP contribution >= 0.6 is 0 Å². The second-order valence-electron chi connectivity index (χ2n) is 6.95. The molecule has 140 valence electrons. The summed E-state index contributed by atoms with van der Waals surface area (Å²) < 4.78 is 5.95. The van der Waals surface area contributed by atoms with E-state index in [0.29, 0.717) is 11.5 Å². The maximum absolute atomic E-state index is 13.0. The molecule has 29 heavy (non-hydrogen) atoms. The van der Waals surface area contributed by atoms with Crippen molar-refractivity contribution in [3.05, 3.63) is 108 Å². The number of benzene rings is 4. The van der Waals surface area contributed by atoms with Crippen molar-refractivity contribution in [3.63, 3.8) is 0 Å². The third-order valence-electron chi connectivity index (χ3n) is 5.10. The molecule has 0 saturated heterocycles. The maximum Gasteiger partial charge on any atom is 0.252 e. The lowest BCUT2D eigenvalue weighted by molar-refractivity contribution is -0.121. The number of ether oxygens (including phenoxy) is 1. The number of para-hydroxylation sites is 2. The first-order valence-corrected chi connectivity index (χ1v) is 9.47. The average molecular weight is 378 g/mol. The molecule has 1 aliphatic heterocycles. The van der Waals surface area contributed by atoms with E-state index in [9.17, 15) is 4.79 Å². The summed E-state index contributed by atoms with van der Waals surface area (Å²) in [5.41, 5.74) is 5.31. The largest absolute Gasteiger partial charge is 0.457 e. The van der Waals surface area contributed by atoms with Gasteiger partial charge in [-0.1, -0.05) is 72.8 Å². The van der Waals surface area contributed by atoms with E-state index in [-0.39, 0.29) is 5.91 Å². The van der Waals surface area contributed by atoms with Crippen molar-refractivity contribution in [3.8, 4) is 11.5 Å². The SMILES string of the molecule is O=C(NN=Cc1ccc2ccccc2c1)C1c2ccccc2Oc2ccccc21. The lowest BCUT2D eigenvalue weighted by Gasteiger charge is -2.26. The van der Waals surface area contributed by atoms with Gasteiger partial charge in [-0.25, -0.2) is 5.43 Å². The smallest absolute Gasteiger partial charge is 0.252 e. The van der Waals surface area contributed by atoms with E-state index in [4.69, 9.17) is 4.74 Å². The summed E-state index contributed by atoms with van der Waals surface area (Å²) in [6.45, 7) is 0. The van der Waals surface area contributed by atoms with Crippen LogP contribution < -0.4 is 10.2 Å². The lowest BCUT2D eigenvalue weighted by atomic mass is 9.87. The molecular formula is C25H18N2O2.